The molecule has 0 bridgehead atoms. The zero-order valence-electron chi connectivity index (χ0n) is 18.2. The minimum absolute atomic E-state index is 0.0597. The molecule has 2 N–H and O–H groups in total. The zero-order valence-corrected chi connectivity index (χ0v) is 18.2. The molecule has 1 aliphatic heterocycles. The first-order chi connectivity index (χ1) is 14.3. The van der Waals surface area contributed by atoms with Gasteiger partial charge in [0.15, 0.2) is 0 Å². The molecular weight excluding hydrogens is 378 g/mol. The van der Waals surface area contributed by atoms with Gasteiger partial charge in [0.2, 0.25) is 5.91 Å². The molecule has 2 heterocycles. The largest absolute Gasteiger partial charge is 0.354 e. The number of rotatable bonds is 6. The average Bonchev–Trinajstić information content (AvgIpc) is 2.73. The third-order valence-electron chi connectivity index (χ3n) is 5.47. The van der Waals surface area contributed by atoms with Gasteiger partial charge in [0, 0.05) is 31.7 Å². The number of pyridine rings is 1. The molecule has 3 rings (SSSR count). The van der Waals surface area contributed by atoms with Gasteiger partial charge in [0.05, 0.1) is 11.9 Å². The Balaban J connectivity index is 1.63. The maximum Gasteiger partial charge on any atom is 0.252 e. The molecule has 1 atom stereocenters. The molecule has 2 amide bonds. The molecule has 30 heavy (non-hydrogen) atoms. The summed E-state index contributed by atoms with van der Waals surface area (Å²) in [6, 6.07) is 10.5. The Kier molecular flexibility index (Phi) is 7.05. The molecular formula is C23H31N5O2. The minimum atomic E-state index is -0.644. The van der Waals surface area contributed by atoms with Crippen molar-refractivity contribution in [3.8, 4) is 0 Å². The second kappa shape index (κ2) is 9.71. The maximum atomic E-state index is 12.9. The summed E-state index contributed by atoms with van der Waals surface area (Å²) in [7, 11) is 2.12. The molecule has 1 aromatic heterocycles. The fourth-order valence-electron chi connectivity index (χ4n) is 3.48. The van der Waals surface area contributed by atoms with Crippen molar-refractivity contribution >= 4 is 23.3 Å². The monoisotopic (exact) mass is 409 g/mol. The molecule has 7 nitrogen and oxygen atoms in total. The lowest BCUT2D eigenvalue weighted by atomic mass is 10.0. The standard InChI is InChI=1S/C23H31N5O2/c1-16(2)21(26-22(29)19-8-6-5-7-17(19)3)23(30)25-18-9-10-20(24-15-18)28-13-11-27(4)12-14-28/h5-10,15-16,21H,11-14H2,1-4H3,(H,25,30)(H,26,29)/t21-/m0/s1. The molecule has 0 spiro atoms. The fraction of sp³-hybridized carbons (Fsp3) is 0.435. The maximum absolute atomic E-state index is 12.9. The SMILES string of the molecule is Cc1ccccc1C(=O)N[C@H](C(=O)Nc1ccc(N2CCN(C)CC2)nc1)C(C)C. The number of aryl methyl sites for hydroxylation is 1. The summed E-state index contributed by atoms with van der Waals surface area (Å²) in [6.45, 7) is 9.61. The van der Waals surface area contributed by atoms with Gasteiger partial charge in [-0.15, -0.1) is 0 Å². The number of hydrogen-bond donors (Lipinski definition) is 2. The van der Waals surface area contributed by atoms with E-state index in [-0.39, 0.29) is 17.7 Å². The normalized spacial score (nSPS) is 15.7. The van der Waals surface area contributed by atoms with Crippen molar-refractivity contribution in [1.29, 1.82) is 0 Å². The minimum Gasteiger partial charge on any atom is -0.354 e. The molecule has 1 aromatic carbocycles. The van der Waals surface area contributed by atoms with Gasteiger partial charge in [-0.25, -0.2) is 4.98 Å². The molecule has 0 unspecified atom stereocenters. The number of amides is 2. The van der Waals surface area contributed by atoms with Gasteiger partial charge in [-0.2, -0.15) is 0 Å². The smallest absolute Gasteiger partial charge is 0.252 e. The first-order valence-corrected chi connectivity index (χ1v) is 10.4. The van der Waals surface area contributed by atoms with Crippen molar-refractivity contribution < 1.29 is 9.59 Å². The van der Waals surface area contributed by atoms with Gasteiger partial charge in [-0.1, -0.05) is 32.0 Å². The molecule has 0 radical (unpaired) electrons. The van der Waals surface area contributed by atoms with E-state index in [0.29, 0.717) is 11.3 Å². The number of aromatic nitrogens is 1. The summed E-state index contributed by atoms with van der Waals surface area (Å²) in [5.41, 5.74) is 2.07. The van der Waals surface area contributed by atoms with Crippen LogP contribution in [0.3, 0.4) is 0 Å². The number of piperazine rings is 1. The Labute approximate surface area is 178 Å². The molecule has 1 fully saturated rings. The second-order valence-corrected chi connectivity index (χ2v) is 8.19. The highest BCUT2D eigenvalue weighted by Gasteiger charge is 2.25. The quantitative estimate of drug-likeness (QED) is 0.767. The van der Waals surface area contributed by atoms with Crippen molar-refractivity contribution in [2.45, 2.75) is 26.8 Å². The van der Waals surface area contributed by atoms with Crippen molar-refractivity contribution in [3.63, 3.8) is 0 Å². The van der Waals surface area contributed by atoms with Gasteiger partial charge in [0.25, 0.3) is 5.91 Å². The van der Waals surface area contributed by atoms with E-state index in [1.54, 1.807) is 12.3 Å². The van der Waals surface area contributed by atoms with Gasteiger partial charge in [-0.3, -0.25) is 9.59 Å². The van der Waals surface area contributed by atoms with Gasteiger partial charge >= 0.3 is 0 Å². The first-order valence-electron chi connectivity index (χ1n) is 10.4. The number of nitrogens with zero attached hydrogens (tertiary/aromatic N) is 3. The Morgan fingerprint density at radius 1 is 1.03 bits per heavy atom. The van der Waals surface area contributed by atoms with Crippen LogP contribution in [0, 0.1) is 12.8 Å². The Hall–Kier alpha value is -2.93. The summed E-state index contributed by atoms with van der Waals surface area (Å²) in [6.07, 6.45) is 1.67. The van der Waals surface area contributed by atoms with Crippen LogP contribution in [0.5, 0.6) is 0 Å². The molecule has 160 valence electrons. The third kappa shape index (κ3) is 5.36. The summed E-state index contributed by atoms with van der Waals surface area (Å²) in [5, 5.41) is 5.77. The highest BCUT2D eigenvalue weighted by Crippen LogP contribution is 2.17. The van der Waals surface area contributed by atoms with Crippen LogP contribution < -0.4 is 15.5 Å². The van der Waals surface area contributed by atoms with Crippen LogP contribution in [0.4, 0.5) is 11.5 Å². The van der Waals surface area contributed by atoms with Crippen LogP contribution in [0.2, 0.25) is 0 Å². The van der Waals surface area contributed by atoms with Crippen molar-refractivity contribution in [3.05, 3.63) is 53.7 Å². The van der Waals surface area contributed by atoms with E-state index in [1.165, 1.54) is 0 Å². The fourth-order valence-corrected chi connectivity index (χ4v) is 3.48. The summed E-state index contributed by atoms with van der Waals surface area (Å²) < 4.78 is 0. The second-order valence-electron chi connectivity index (χ2n) is 8.19. The lowest BCUT2D eigenvalue weighted by molar-refractivity contribution is -0.118. The number of carbonyl (C=O) groups excluding carboxylic acids is 2. The van der Waals surface area contributed by atoms with Gasteiger partial charge in [-0.05, 0) is 43.7 Å². The van der Waals surface area contributed by atoms with Crippen molar-refractivity contribution in [2.75, 3.05) is 43.4 Å². The lowest BCUT2D eigenvalue weighted by Crippen LogP contribution is -2.47. The molecule has 0 aliphatic carbocycles. The van der Waals surface area contributed by atoms with Crippen LogP contribution in [0.1, 0.15) is 29.8 Å². The highest BCUT2D eigenvalue weighted by atomic mass is 16.2. The first kappa shape index (κ1) is 21.8. The van der Waals surface area contributed by atoms with Crippen LogP contribution in [0.15, 0.2) is 42.6 Å². The van der Waals surface area contributed by atoms with E-state index in [4.69, 9.17) is 0 Å². The number of benzene rings is 1. The Morgan fingerprint density at radius 2 is 1.73 bits per heavy atom. The lowest BCUT2D eigenvalue weighted by Gasteiger charge is -2.33. The third-order valence-corrected chi connectivity index (χ3v) is 5.47. The van der Waals surface area contributed by atoms with E-state index in [1.807, 2.05) is 51.1 Å². The van der Waals surface area contributed by atoms with Crippen molar-refractivity contribution in [2.24, 2.45) is 5.92 Å². The van der Waals surface area contributed by atoms with E-state index >= 15 is 0 Å². The van der Waals surface area contributed by atoms with Crippen LogP contribution in [0.25, 0.3) is 0 Å². The zero-order chi connectivity index (χ0) is 21.7. The number of hydrogen-bond acceptors (Lipinski definition) is 5. The highest BCUT2D eigenvalue weighted by molar-refractivity contribution is 6.01. The molecule has 1 saturated heterocycles. The number of likely N-dealkylation sites (N-methyl/N-ethyl adjacent to an activating group) is 1. The van der Waals surface area contributed by atoms with Crippen molar-refractivity contribution in [1.82, 2.24) is 15.2 Å². The van der Waals surface area contributed by atoms with E-state index in [9.17, 15) is 9.59 Å². The number of anilines is 2. The van der Waals surface area contributed by atoms with Gasteiger partial charge in [0.1, 0.15) is 11.9 Å². The predicted molar refractivity (Wildman–Crippen MR) is 120 cm³/mol. The Morgan fingerprint density at radius 3 is 2.33 bits per heavy atom. The molecule has 1 aliphatic rings. The predicted octanol–water partition coefficient (Wildman–Crippen LogP) is 2.53. The summed E-state index contributed by atoms with van der Waals surface area (Å²) in [4.78, 5) is 34.6. The van der Waals surface area contributed by atoms with E-state index in [2.05, 4.69) is 32.5 Å². The van der Waals surface area contributed by atoms with E-state index in [0.717, 1.165) is 37.6 Å². The summed E-state index contributed by atoms with van der Waals surface area (Å²) in [5.74, 6) is 0.358. The number of carbonyl (C=O) groups is 2. The molecule has 7 heteroatoms. The molecule has 2 aromatic rings. The molecule has 0 saturated carbocycles. The topological polar surface area (TPSA) is 77.6 Å². The summed E-state index contributed by atoms with van der Waals surface area (Å²) >= 11 is 0. The Bertz CT molecular complexity index is 873. The van der Waals surface area contributed by atoms with E-state index < -0.39 is 6.04 Å². The number of nitrogens with one attached hydrogen (secondary N) is 2. The van der Waals surface area contributed by atoms with Crippen LogP contribution >= 0.6 is 0 Å². The van der Waals surface area contributed by atoms with Gasteiger partial charge < -0.3 is 20.4 Å². The van der Waals surface area contributed by atoms with Crippen LogP contribution in [-0.4, -0.2) is 61.0 Å². The average molecular weight is 410 g/mol. The van der Waals surface area contributed by atoms with Crippen LogP contribution in [-0.2, 0) is 4.79 Å².